The zero-order chi connectivity index (χ0) is 15.9. The number of methoxy groups -OCH3 is 1. The lowest BCUT2D eigenvalue weighted by molar-refractivity contribution is -0.137. The van der Waals surface area contributed by atoms with Gasteiger partial charge in [0.1, 0.15) is 0 Å². The van der Waals surface area contributed by atoms with Gasteiger partial charge < -0.3 is 15.0 Å². The molecule has 0 radical (unpaired) electrons. The highest BCUT2D eigenvalue weighted by atomic mass is 19.4. The van der Waals surface area contributed by atoms with Crippen molar-refractivity contribution in [3.63, 3.8) is 0 Å². The summed E-state index contributed by atoms with van der Waals surface area (Å²) in [6.45, 7) is 4.88. The van der Waals surface area contributed by atoms with Crippen LogP contribution in [0.1, 0.15) is 24.1 Å². The maximum absolute atomic E-state index is 12.7. The predicted molar refractivity (Wildman–Crippen MR) is 77.2 cm³/mol. The molecule has 1 aromatic rings. The molecule has 0 aromatic heterocycles. The van der Waals surface area contributed by atoms with Gasteiger partial charge in [0, 0.05) is 32.8 Å². The van der Waals surface area contributed by atoms with E-state index in [2.05, 4.69) is 10.2 Å². The summed E-state index contributed by atoms with van der Waals surface area (Å²) >= 11 is 0. The standard InChI is InChI=1S/C15H23F3N2O/c1-12(19-7-8-20(2)9-10-21-3)13-5-4-6-14(11-13)15(16,17)18/h4-6,11-12,19H,7-10H2,1-3H3. The Labute approximate surface area is 124 Å². The van der Waals surface area contributed by atoms with Crippen LogP contribution in [0.3, 0.4) is 0 Å². The van der Waals surface area contributed by atoms with Crippen molar-refractivity contribution < 1.29 is 17.9 Å². The van der Waals surface area contributed by atoms with Gasteiger partial charge in [0.25, 0.3) is 0 Å². The SMILES string of the molecule is COCCN(C)CCNC(C)c1cccc(C(F)(F)F)c1. The van der Waals surface area contributed by atoms with E-state index in [1.54, 1.807) is 13.2 Å². The fraction of sp³-hybridized carbons (Fsp3) is 0.600. The minimum absolute atomic E-state index is 0.122. The summed E-state index contributed by atoms with van der Waals surface area (Å²) in [5.74, 6) is 0. The van der Waals surface area contributed by atoms with Crippen LogP contribution in [0.5, 0.6) is 0 Å². The zero-order valence-electron chi connectivity index (χ0n) is 12.7. The van der Waals surface area contributed by atoms with Crippen molar-refractivity contribution in [1.29, 1.82) is 0 Å². The third kappa shape index (κ3) is 6.46. The van der Waals surface area contributed by atoms with Crippen LogP contribution in [0.25, 0.3) is 0 Å². The number of hydrogen-bond acceptors (Lipinski definition) is 3. The summed E-state index contributed by atoms with van der Waals surface area (Å²) in [5, 5.41) is 3.24. The first-order chi connectivity index (χ1) is 9.84. The summed E-state index contributed by atoms with van der Waals surface area (Å²) in [6, 6.07) is 5.33. The van der Waals surface area contributed by atoms with Crippen molar-refractivity contribution >= 4 is 0 Å². The summed E-state index contributed by atoms with van der Waals surface area (Å²) in [5.41, 5.74) is 0.0373. The number of nitrogens with one attached hydrogen (secondary N) is 1. The monoisotopic (exact) mass is 304 g/mol. The van der Waals surface area contributed by atoms with Gasteiger partial charge in [0.2, 0.25) is 0 Å². The number of benzene rings is 1. The smallest absolute Gasteiger partial charge is 0.383 e. The van der Waals surface area contributed by atoms with Crippen molar-refractivity contribution in [2.45, 2.75) is 19.1 Å². The van der Waals surface area contributed by atoms with Crippen molar-refractivity contribution in [2.75, 3.05) is 40.4 Å². The van der Waals surface area contributed by atoms with E-state index < -0.39 is 11.7 Å². The second-order valence-electron chi connectivity index (χ2n) is 5.10. The average Bonchev–Trinajstić information content (AvgIpc) is 2.44. The number of halogens is 3. The molecule has 0 aliphatic rings. The third-order valence-electron chi connectivity index (χ3n) is 3.34. The number of hydrogen-bond donors (Lipinski definition) is 1. The molecule has 0 aliphatic heterocycles. The molecule has 0 saturated carbocycles. The van der Waals surface area contributed by atoms with Crippen LogP contribution >= 0.6 is 0 Å². The highest BCUT2D eigenvalue weighted by Gasteiger charge is 2.30. The Balaban J connectivity index is 2.47. The lowest BCUT2D eigenvalue weighted by Gasteiger charge is -2.20. The van der Waals surface area contributed by atoms with Gasteiger partial charge in [0.15, 0.2) is 0 Å². The highest BCUT2D eigenvalue weighted by molar-refractivity contribution is 5.27. The molecule has 0 bridgehead atoms. The molecule has 1 unspecified atom stereocenters. The van der Waals surface area contributed by atoms with Crippen LogP contribution in [0.15, 0.2) is 24.3 Å². The normalized spacial score (nSPS) is 13.7. The topological polar surface area (TPSA) is 24.5 Å². The highest BCUT2D eigenvalue weighted by Crippen LogP contribution is 2.30. The molecular formula is C15H23F3N2O. The molecule has 3 nitrogen and oxygen atoms in total. The summed E-state index contributed by atoms with van der Waals surface area (Å²) < 4.78 is 43.0. The van der Waals surface area contributed by atoms with Gasteiger partial charge in [-0.15, -0.1) is 0 Å². The van der Waals surface area contributed by atoms with E-state index in [4.69, 9.17) is 4.74 Å². The fourth-order valence-corrected chi connectivity index (χ4v) is 1.93. The predicted octanol–water partition coefficient (Wildman–Crippen LogP) is 2.93. The van der Waals surface area contributed by atoms with Gasteiger partial charge in [-0.05, 0) is 31.7 Å². The van der Waals surface area contributed by atoms with Crippen molar-refractivity contribution in [3.05, 3.63) is 35.4 Å². The van der Waals surface area contributed by atoms with E-state index in [1.807, 2.05) is 14.0 Å². The number of ether oxygens (including phenoxy) is 1. The Morgan fingerprint density at radius 1 is 1.29 bits per heavy atom. The summed E-state index contributed by atoms with van der Waals surface area (Å²) in [4.78, 5) is 2.11. The van der Waals surface area contributed by atoms with Crippen LogP contribution < -0.4 is 5.32 Å². The molecule has 120 valence electrons. The van der Waals surface area contributed by atoms with E-state index in [0.29, 0.717) is 18.7 Å². The first-order valence-electron chi connectivity index (χ1n) is 6.92. The lowest BCUT2D eigenvalue weighted by atomic mass is 10.0. The Morgan fingerprint density at radius 2 is 2.00 bits per heavy atom. The Kier molecular flexibility index (Phi) is 7.14. The molecule has 1 atom stereocenters. The summed E-state index contributed by atoms with van der Waals surface area (Å²) in [7, 11) is 3.64. The average molecular weight is 304 g/mol. The van der Waals surface area contributed by atoms with Crippen molar-refractivity contribution in [3.8, 4) is 0 Å². The first kappa shape index (κ1) is 17.9. The molecule has 1 aromatic carbocycles. The molecule has 1 N–H and O–H groups in total. The van der Waals surface area contributed by atoms with Gasteiger partial charge >= 0.3 is 6.18 Å². The molecule has 21 heavy (non-hydrogen) atoms. The van der Waals surface area contributed by atoms with Crippen molar-refractivity contribution in [1.82, 2.24) is 10.2 Å². The van der Waals surface area contributed by atoms with Crippen LogP contribution in [-0.2, 0) is 10.9 Å². The van der Waals surface area contributed by atoms with E-state index in [1.165, 1.54) is 12.1 Å². The second kappa shape index (κ2) is 8.36. The summed E-state index contributed by atoms with van der Waals surface area (Å²) in [6.07, 6.45) is -4.30. The molecule has 0 aliphatic carbocycles. The van der Waals surface area contributed by atoms with Crippen LogP contribution in [-0.4, -0.2) is 45.3 Å². The van der Waals surface area contributed by atoms with E-state index in [-0.39, 0.29) is 6.04 Å². The zero-order valence-corrected chi connectivity index (χ0v) is 12.7. The number of alkyl halides is 3. The van der Waals surface area contributed by atoms with Crippen LogP contribution in [0, 0.1) is 0 Å². The molecule has 0 amide bonds. The third-order valence-corrected chi connectivity index (χ3v) is 3.34. The number of likely N-dealkylation sites (N-methyl/N-ethyl adjacent to an activating group) is 1. The molecule has 0 heterocycles. The number of nitrogens with zero attached hydrogens (tertiary/aromatic N) is 1. The molecule has 0 saturated heterocycles. The van der Waals surface area contributed by atoms with E-state index in [9.17, 15) is 13.2 Å². The largest absolute Gasteiger partial charge is 0.416 e. The molecule has 1 rings (SSSR count). The van der Waals surface area contributed by atoms with Crippen molar-refractivity contribution in [2.24, 2.45) is 0 Å². The van der Waals surface area contributed by atoms with Crippen LogP contribution in [0.4, 0.5) is 13.2 Å². The van der Waals surface area contributed by atoms with E-state index in [0.717, 1.165) is 19.2 Å². The Bertz CT molecular complexity index is 424. The van der Waals surface area contributed by atoms with Gasteiger partial charge in [-0.2, -0.15) is 13.2 Å². The molecule has 6 heteroatoms. The second-order valence-corrected chi connectivity index (χ2v) is 5.10. The number of rotatable bonds is 8. The maximum atomic E-state index is 12.7. The Hall–Kier alpha value is -1.11. The van der Waals surface area contributed by atoms with Crippen LogP contribution in [0.2, 0.25) is 0 Å². The van der Waals surface area contributed by atoms with E-state index >= 15 is 0 Å². The van der Waals surface area contributed by atoms with Gasteiger partial charge in [0.05, 0.1) is 12.2 Å². The molecule has 0 spiro atoms. The first-order valence-corrected chi connectivity index (χ1v) is 6.92. The van der Waals surface area contributed by atoms with Gasteiger partial charge in [-0.1, -0.05) is 12.1 Å². The minimum atomic E-state index is -4.30. The lowest BCUT2D eigenvalue weighted by Crippen LogP contribution is -2.32. The van der Waals surface area contributed by atoms with Gasteiger partial charge in [-0.25, -0.2) is 0 Å². The molecule has 0 fully saturated rings. The van der Waals surface area contributed by atoms with Gasteiger partial charge in [-0.3, -0.25) is 0 Å². The fourth-order valence-electron chi connectivity index (χ4n) is 1.93. The Morgan fingerprint density at radius 3 is 2.62 bits per heavy atom. The maximum Gasteiger partial charge on any atom is 0.416 e. The quantitative estimate of drug-likeness (QED) is 0.799. The minimum Gasteiger partial charge on any atom is -0.383 e. The molecular weight excluding hydrogens is 281 g/mol.